The highest BCUT2D eigenvalue weighted by Crippen LogP contribution is 2.32. The minimum atomic E-state index is -3.73. The van der Waals surface area contributed by atoms with Crippen LogP contribution < -0.4 is 5.32 Å². The average molecular weight is 423 g/mol. The lowest BCUT2D eigenvalue weighted by atomic mass is 10.0. The van der Waals surface area contributed by atoms with E-state index in [1.807, 2.05) is 37.3 Å². The summed E-state index contributed by atoms with van der Waals surface area (Å²) in [7, 11) is -3.73. The van der Waals surface area contributed by atoms with E-state index in [0.717, 1.165) is 15.6 Å². The van der Waals surface area contributed by atoms with Crippen LogP contribution >= 0.6 is 15.9 Å². The molecule has 0 spiro atoms. The summed E-state index contributed by atoms with van der Waals surface area (Å²) in [6.45, 7) is 2.39. The van der Waals surface area contributed by atoms with Gasteiger partial charge in [0, 0.05) is 24.0 Å². The first-order valence-electron chi connectivity index (χ1n) is 7.99. The number of amides is 1. The summed E-state index contributed by atoms with van der Waals surface area (Å²) in [5, 5.41) is 2.77. The Morgan fingerprint density at radius 3 is 2.56 bits per heavy atom. The maximum Gasteiger partial charge on any atom is 0.243 e. The van der Waals surface area contributed by atoms with Crippen LogP contribution in [0.3, 0.4) is 0 Å². The molecule has 1 atom stereocenters. The van der Waals surface area contributed by atoms with Crippen molar-refractivity contribution in [3.8, 4) is 0 Å². The van der Waals surface area contributed by atoms with Gasteiger partial charge >= 0.3 is 0 Å². The molecule has 2 aromatic carbocycles. The molecule has 1 amide bonds. The third-order valence-electron chi connectivity index (χ3n) is 4.30. The van der Waals surface area contributed by atoms with E-state index in [4.69, 9.17) is 0 Å². The van der Waals surface area contributed by atoms with Gasteiger partial charge in [-0.15, -0.1) is 0 Å². The molecule has 1 saturated heterocycles. The second-order valence-corrected chi connectivity index (χ2v) is 8.75. The number of halogens is 1. The Bertz CT molecular complexity index is 884. The van der Waals surface area contributed by atoms with Crippen LogP contribution in [0.25, 0.3) is 0 Å². The van der Waals surface area contributed by atoms with E-state index < -0.39 is 16.1 Å². The van der Waals surface area contributed by atoms with Crippen LogP contribution in [0.2, 0.25) is 0 Å². The zero-order chi connectivity index (χ0) is 18.0. The number of nitrogens with one attached hydrogen (secondary N) is 1. The molecule has 0 bridgehead atoms. The molecule has 0 aromatic heterocycles. The minimum absolute atomic E-state index is 0.110. The summed E-state index contributed by atoms with van der Waals surface area (Å²) in [6, 6.07) is 13.8. The fourth-order valence-corrected chi connectivity index (χ4v) is 4.92. The monoisotopic (exact) mass is 422 g/mol. The number of hydrogen-bond donors (Lipinski definition) is 1. The van der Waals surface area contributed by atoms with Crippen molar-refractivity contribution in [2.45, 2.75) is 24.3 Å². The molecule has 3 rings (SSSR count). The maximum absolute atomic E-state index is 13.3. The Morgan fingerprint density at radius 2 is 1.88 bits per heavy atom. The molecule has 0 aliphatic carbocycles. The summed E-state index contributed by atoms with van der Waals surface area (Å²) in [5.41, 5.74) is 1.67. The van der Waals surface area contributed by atoms with E-state index in [9.17, 15) is 13.2 Å². The second-order valence-electron chi connectivity index (χ2n) is 6.01. The van der Waals surface area contributed by atoms with Gasteiger partial charge < -0.3 is 5.32 Å². The Hall–Kier alpha value is -1.70. The molecule has 2 aromatic rings. The van der Waals surface area contributed by atoms with Gasteiger partial charge in [-0.1, -0.05) is 46.3 Å². The lowest BCUT2D eigenvalue weighted by Crippen LogP contribution is -2.36. The fraction of sp³-hybridized carbons (Fsp3) is 0.278. The third kappa shape index (κ3) is 3.78. The summed E-state index contributed by atoms with van der Waals surface area (Å²) in [5.74, 6) is -0.140. The van der Waals surface area contributed by atoms with Gasteiger partial charge in [-0.05, 0) is 36.2 Å². The largest absolute Gasteiger partial charge is 0.355 e. The lowest BCUT2D eigenvalue weighted by molar-refractivity contribution is -0.121. The zero-order valence-electron chi connectivity index (χ0n) is 13.8. The summed E-state index contributed by atoms with van der Waals surface area (Å²) in [4.78, 5) is 12.3. The molecular formula is C18H19BrN2O3S. The van der Waals surface area contributed by atoms with Crippen LogP contribution in [0.1, 0.15) is 23.6 Å². The molecule has 7 heteroatoms. The van der Waals surface area contributed by atoms with Gasteiger partial charge in [0.25, 0.3) is 0 Å². The molecule has 1 N–H and O–H groups in total. The highest BCUT2D eigenvalue weighted by Gasteiger charge is 2.35. The molecule has 0 radical (unpaired) electrons. The van der Waals surface area contributed by atoms with Gasteiger partial charge in [0.1, 0.15) is 0 Å². The zero-order valence-corrected chi connectivity index (χ0v) is 16.2. The molecule has 25 heavy (non-hydrogen) atoms. The molecule has 0 saturated carbocycles. The third-order valence-corrected chi connectivity index (χ3v) is 7.09. The molecule has 1 heterocycles. The lowest BCUT2D eigenvalue weighted by Gasteiger charge is -2.28. The van der Waals surface area contributed by atoms with E-state index in [1.54, 1.807) is 18.2 Å². The van der Waals surface area contributed by atoms with Crippen molar-refractivity contribution in [3.63, 3.8) is 0 Å². The molecule has 1 fully saturated rings. The number of rotatable bonds is 3. The van der Waals surface area contributed by atoms with Crippen molar-refractivity contribution in [2.75, 3.05) is 13.1 Å². The van der Waals surface area contributed by atoms with Crippen LogP contribution in [-0.2, 0) is 14.8 Å². The first-order chi connectivity index (χ1) is 11.9. The Balaban J connectivity index is 2.06. The van der Waals surface area contributed by atoms with Crippen molar-refractivity contribution in [1.82, 2.24) is 9.62 Å². The van der Waals surface area contributed by atoms with Crippen LogP contribution in [0.4, 0.5) is 0 Å². The van der Waals surface area contributed by atoms with Crippen LogP contribution in [0.15, 0.2) is 57.9 Å². The van der Waals surface area contributed by atoms with Crippen molar-refractivity contribution < 1.29 is 13.2 Å². The normalized spacial score (nSPS) is 19.3. The van der Waals surface area contributed by atoms with E-state index in [2.05, 4.69) is 21.2 Å². The van der Waals surface area contributed by atoms with Gasteiger partial charge in [-0.2, -0.15) is 4.31 Å². The molecule has 1 aliphatic heterocycles. The van der Waals surface area contributed by atoms with Crippen LogP contribution in [0.5, 0.6) is 0 Å². The average Bonchev–Trinajstić information content (AvgIpc) is 2.80. The number of carbonyl (C=O) groups excluding carboxylic acids is 1. The maximum atomic E-state index is 13.3. The number of nitrogens with zero attached hydrogens (tertiary/aromatic N) is 1. The van der Waals surface area contributed by atoms with Gasteiger partial charge in [-0.25, -0.2) is 8.42 Å². The fourth-order valence-electron chi connectivity index (χ4n) is 2.97. The first kappa shape index (κ1) is 18.1. The standard InChI is InChI=1S/C18H19BrN2O3S/c1-13-11-15(7-8-16(13)19)25(23,24)21-10-9-20-18(22)12-17(21)14-5-3-2-4-6-14/h2-8,11,17H,9-10,12H2,1H3,(H,20,22)/t17-/m1/s1. The van der Waals surface area contributed by atoms with Gasteiger partial charge in [0.15, 0.2) is 0 Å². The summed E-state index contributed by atoms with van der Waals surface area (Å²) < 4.78 is 28.8. The molecule has 5 nitrogen and oxygen atoms in total. The van der Waals surface area contributed by atoms with E-state index in [-0.39, 0.29) is 23.8 Å². The Kier molecular flexibility index (Phi) is 5.27. The number of carbonyl (C=O) groups is 1. The Labute approximate surface area is 156 Å². The molecule has 132 valence electrons. The first-order valence-corrected chi connectivity index (χ1v) is 10.2. The van der Waals surface area contributed by atoms with Crippen LogP contribution in [0, 0.1) is 6.92 Å². The highest BCUT2D eigenvalue weighted by molar-refractivity contribution is 9.10. The van der Waals surface area contributed by atoms with Gasteiger partial charge in [0.2, 0.25) is 15.9 Å². The Morgan fingerprint density at radius 1 is 1.16 bits per heavy atom. The predicted octanol–water partition coefficient (Wildman–Crippen LogP) is 3.01. The molecule has 0 unspecified atom stereocenters. The van der Waals surface area contributed by atoms with Crippen molar-refractivity contribution >= 4 is 31.9 Å². The van der Waals surface area contributed by atoms with Crippen molar-refractivity contribution in [3.05, 3.63) is 64.1 Å². The van der Waals surface area contributed by atoms with Gasteiger partial charge in [0.05, 0.1) is 10.9 Å². The smallest absolute Gasteiger partial charge is 0.243 e. The SMILES string of the molecule is Cc1cc(S(=O)(=O)N2CCNC(=O)C[C@@H]2c2ccccc2)ccc1Br. The number of sulfonamides is 1. The second kappa shape index (κ2) is 7.27. The molecule has 1 aliphatic rings. The van der Waals surface area contributed by atoms with E-state index in [1.165, 1.54) is 4.31 Å². The number of aryl methyl sites for hydroxylation is 1. The van der Waals surface area contributed by atoms with E-state index in [0.29, 0.717) is 6.54 Å². The van der Waals surface area contributed by atoms with Crippen LogP contribution in [-0.4, -0.2) is 31.7 Å². The molecular weight excluding hydrogens is 404 g/mol. The predicted molar refractivity (Wildman–Crippen MR) is 99.6 cm³/mol. The topological polar surface area (TPSA) is 66.5 Å². The number of benzene rings is 2. The highest BCUT2D eigenvalue weighted by atomic mass is 79.9. The van der Waals surface area contributed by atoms with Crippen molar-refractivity contribution in [2.24, 2.45) is 0 Å². The van der Waals surface area contributed by atoms with E-state index >= 15 is 0 Å². The quantitative estimate of drug-likeness (QED) is 0.826. The minimum Gasteiger partial charge on any atom is -0.355 e. The van der Waals surface area contributed by atoms with Gasteiger partial charge in [-0.3, -0.25) is 4.79 Å². The summed E-state index contributed by atoms with van der Waals surface area (Å²) in [6.07, 6.45) is 0.110. The summed E-state index contributed by atoms with van der Waals surface area (Å²) >= 11 is 3.40. The van der Waals surface area contributed by atoms with Crippen molar-refractivity contribution in [1.29, 1.82) is 0 Å². The number of hydrogen-bond acceptors (Lipinski definition) is 3.